The third-order valence-corrected chi connectivity index (χ3v) is 4.04. The molecule has 6 heteroatoms. The van der Waals surface area contributed by atoms with Crippen molar-refractivity contribution in [1.29, 1.82) is 0 Å². The van der Waals surface area contributed by atoms with E-state index in [-0.39, 0.29) is 23.9 Å². The van der Waals surface area contributed by atoms with Gasteiger partial charge in [0.25, 0.3) is 0 Å². The largest absolute Gasteiger partial charge is 0.343 e. The number of piperazine rings is 1. The Morgan fingerprint density at radius 2 is 2.10 bits per heavy atom. The second-order valence-electron chi connectivity index (χ2n) is 5.51. The van der Waals surface area contributed by atoms with Gasteiger partial charge in [0.2, 0.25) is 11.8 Å². The van der Waals surface area contributed by atoms with E-state index in [1.54, 1.807) is 11.1 Å². The van der Waals surface area contributed by atoms with Crippen LogP contribution in [-0.2, 0) is 23.1 Å². The topological polar surface area (TPSA) is 67.2 Å². The number of hydrogen-bond acceptors (Lipinski definition) is 3. The first kappa shape index (κ1) is 15.5. The zero-order chi connectivity index (χ0) is 15.4. The van der Waals surface area contributed by atoms with E-state index in [1.165, 1.54) is 0 Å². The number of carbonyl (C=O) groups is 2. The van der Waals surface area contributed by atoms with Crippen LogP contribution in [0.2, 0.25) is 0 Å². The predicted molar refractivity (Wildman–Crippen MR) is 79.5 cm³/mol. The second-order valence-corrected chi connectivity index (χ2v) is 5.51. The summed E-state index contributed by atoms with van der Waals surface area (Å²) < 4.78 is 1.95. The summed E-state index contributed by atoms with van der Waals surface area (Å²) in [5.74, 6) is 0.935. The number of nitrogens with one attached hydrogen (secondary N) is 1. The van der Waals surface area contributed by atoms with Crippen LogP contribution in [0.25, 0.3) is 0 Å². The van der Waals surface area contributed by atoms with Crippen molar-refractivity contribution in [2.45, 2.75) is 51.6 Å². The molecule has 2 heterocycles. The van der Waals surface area contributed by atoms with E-state index >= 15 is 0 Å². The molecular formula is C15H24N4O2. The number of hydrogen-bond donors (Lipinski definition) is 1. The van der Waals surface area contributed by atoms with E-state index in [1.807, 2.05) is 31.7 Å². The summed E-state index contributed by atoms with van der Waals surface area (Å²) >= 11 is 0. The molecule has 1 aromatic heterocycles. The Bertz CT molecular complexity index is 512. The van der Waals surface area contributed by atoms with Gasteiger partial charge in [-0.1, -0.05) is 20.3 Å². The van der Waals surface area contributed by atoms with Crippen LogP contribution in [0.5, 0.6) is 0 Å². The minimum absolute atomic E-state index is 0.0249. The van der Waals surface area contributed by atoms with Crippen molar-refractivity contribution in [2.75, 3.05) is 6.54 Å². The van der Waals surface area contributed by atoms with E-state index in [9.17, 15) is 9.59 Å². The molecule has 1 aromatic rings. The second kappa shape index (κ2) is 6.74. The van der Waals surface area contributed by atoms with Crippen molar-refractivity contribution in [2.24, 2.45) is 7.05 Å². The first-order valence-corrected chi connectivity index (χ1v) is 7.65. The van der Waals surface area contributed by atoms with Crippen molar-refractivity contribution in [1.82, 2.24) is 19.8 Å². The van der Waals surface area contributed by atoms with Crippen LogP contribution in [0.15, 0.2) is 12.4 Å². The first-order chi connectivity index (χ1) is 10.1. The number of carbonyl (C=O) groups excluding carboxylic acids is 2. The lowest BCUT2D eigenvalue weighted by atomic mass is 10.0. The average Bonchev–Trinajstić information content (AvgIpc) is 2.87. The molecule has 0 saturated carbocycles. The molecule has 21 heavy (non-hydrogen) atoms. The van der Waals surface area contributed by atoms with Gasteiger partial charge in [0.15, 0.2) is 0 Å². The minimum atomic E-state index is -0.382. The molecule has 1 fully saturated rings. The Hall–Kier alpha value is -1.85. The van der Waals surface area contributed by atoms with E-state index in [0.29, 0.717) is 25.8 Å². The highest BCUT2D eigenvalue weighted by Gasteiger charge is 2.38. The summed E-state index contributed by atoms with van der Waals surface area (Å²) in [7, 11) is 1.94. The Labute approximate surface area is 125 Å². The Balaban J connectivity index is 2.12. The third kappa shape index (κ3) is 3.25. The van der Waals surface area contributed by atoms with Gasteiger partial charge >= 0.3 is 0 Å². The van der Waals surface area contributed by atoms with Crippen LogP contribution in [0, 0.1) is 0 Å². The molecule has 0 aromatic carbocycles. The zero-order valence-electron chi connectivity index (χ0n) is 13.0. The van der Waals surface area contributed by atoms with E-state index in [0.717, 1.165) is 12.2 Å². The van der Waals surface area contributed by atoms with Gasteiger partial charge in [-0.05, 0) is 12.8 Å². The van der Waals surface area contributed by atoms with Crippen LogP contribution in [-0.4, -0.2) is 44.9 Å². The molecule has 0 spiro atoms. The van der Waals surface area contributed by atoms with Gasteiger partial charge in [-0.2, -0.15) is 0 Å². The lowest BCUT2D eigenvalue weighted by molar-refractivity contribution is -0.149. The number of rotatable bonds is 6. The summed E-state index contributed by atoms with van der Waals surface area (Å²) in [6.07, 6.45) is 6.51. The molecular weight excluding hydrogens is 268 g/mol. The molecule has 1 aliphatic heterocycles. The fourth-order valence-corrected chi connectivity index (χ4v) is 2.79. The van der Waals surface area contributed by atoms with Crippen LogP contribution in [0.1, 0.15) is 38.9 Å². The van der Waals surface area contributed by atoms with Crippen molar-refractivity contribution >= 4 is 11.8 Å². The van der Waals surface area contributed by atoms with E-state index < -0.39 is 0 Å². The molecule has 6 nitrogen and oxygen atoms in total. The van der Waals surface area contributed by atoms with Crippen LogP contribution in [0.4, 0.5) is 0 Å². The number of imidazole rings is 1. The highest BCUT2D eigenvalue weighted by atomic mass is 16.2. The quantitative estimate of drug-likeness (QED) is 0.846. The zero-order valence-corrected chi connectivity index (χ0v) is 13.0. The average molecular weight is 292 g/mol. The van der Waals surface area contributed by atoms with Gasteiger partial charge < -0.3 is 14.8 Å². The fraction of sp³-hybridized carbons (Fsp3) is 0.667. The van der Waals surface area contributed by atoms with Crippen LogP contribution in [0.3, 0.4) is 0 Å². The summed E-state index contributed by atoms with van der Waals surface area (Å²) in [6, 6.07) is -0.724. The predicted octanol–water partition coefficient (Wildman–Crippen LogP) is 0.868. The first-order valence-electron chi connectivity index (χ1n) is 7.65. The molecule has 116 valence electrons. The third-order valence-electron chi connectivity index (χ3n) is 4.04. The van der Waals surface area contributed by atoms with Gasteiger partial charge in [0.05, 0.1) is 0 Å². The number of nitrogens with zero attached hydrogens (tertiary/aromatic N) is 3. The number of amides is 2. The SMILES string of the molecule is CCCC1C(=O)NC(CC)C(=O)N1CCc1nccn1C. The van der Waals surface area contributed by atoms with E-state index in [4.69, 9.17) is 0 Å². The van der Waals surface area contributed by atoms with Crippen molar-refractivity contribution in [3.05, 3.63) is 18.2 Å². The van der Waals surface area contributed by atoms with Crippen LogP contribution >= 0.6 is 0 Å². The summed E-state index contributed by atoms with van der Waals surface area (Å²) in [5.41, 5.74) is 0. The van der Waals surface area contributed by atoms with E-state index in [2.05, 4.69) is 10.3 Å². The van der Waals surface area contributed by atoms with Gasteiger partial charge in [0, 0.05) is 32.4 Å². The lowest BCUT2D eigenvalue weighted by Crippen LogP contribution is -2.63. The number of aromatic nitrogens is 2. The molecule has 2 rings (SSSR count). The van der Waals surface area contributed by atoms with Gasteiger partial charge in [-0.25, -0.2) is 4.98 Å². The maximum atomic E-state index is 12.5. The molecule has 0 aliphatic carbocycles. The summed E-state index contributed by atoms with van der Waals surface area (Å²) in [5, 5.41) is 2.83. The molecule has 2 unspecified atom stereocenters. The Morgan fingerprint density at radius 3 is 2.67 bits per heavy atom. The van der Waals surface area contributed by atoms with Crippen molar-refractivity contribution in [3.8, 4) is 0 Å². The van der Waals surface area contributed by atoms with Gasteiger partial charge in [0.1, 0.15) is 17.9 Å². The highest BCUT2D eigenvalue weighted by molar-refractivity contribution is 5.96. The Kier molecular flexibility index (Phi) is 4.98. The Morgan fingerprint density at radius 1 is 1.33 bits per heavy atom. The lowest BCUT2D eigenvalue weighted by Gasteiger charge is -2.38. The highest BCUT2D eigenvalue weighted by Crippen LogP contribution is 2.17. The normalized spacial score (nSPS) is 22.5. The summed E-state index contributed by atoms with van der Waals surface area (Å²) in [6.45, 7) is 4.48. The van der Waals surface area contributed by atoms with Crippen molar-refractivity contribution < 1.29 is 9.59 Å². The monoisotopic (exact) mass is 292 g/mol. The van der Waals surface area contributed by atoms with Crippen LogP contribution < -0.4 is 5.32 Å². The fourth-order valence-electron chi connectivity index (χ4n) is 2.79. The van der Waals surface area contributed by atoms with Gasteiger partial charge in [-0.3, -0.25) is 9.59 Å². The molecule has 0 bridgehead atoms. The number of aryl methyl sites for hydroxylation is 1. The summed E-state index contributed by atoms with van der Waals surface area (Å²) in [4.78, 5) is 30.7. The molecule has 1 aliphatic rings. The molecule has 2 atom stereocenters. The molecule has 2 amide bonds. The molecule has 1 N–H and O–H groups in total. The maximum absolute atomic E-state index is 12.5. The van der Waals surface area contributed by atoms with Gasteiger partial charge in [-0.15, -0.1) is 0 Å². The standard InChI is InChI=1S/C15H24N4O2/c1-4-6-12-14(20)17-11(5-2)15(21)19(12)9-7-13-16-8-10-18(13)3/h8,10-12H,4-7,9H2,1-3H3,(H,17,20). The smallest absolute Gasteiger partial charge is 0.245 e. The molecule has 0 radical (unpaired) electrons. The molecule has 1 saturated heterocycles. The minimum Gasteiger partial charge on any atom is -0.343 e. The maximum Gasteiger partial charge on any atom is 0.245 e. The van der Waals surface area contributed by atoms with Crippen molar-refractivity contribution in [3.63, 3.8) is 0 Å².